The van der Waals surface area contributed by atoms with Crippen LogP contribution in [0.1, 0.15) is 6.42 Å². The molecule has 0 heterocycles. The molecule has 0 rings (SSSR count). The molecule has 0 saturated carbocycles. The highest BCUT2D eigenvalue weighted by atomic mass is 79.9. The van der Waals surface area contributed by atoms with Crippen LogP contribution in [0.2, 0.25) is 0 Å². The van der Waals surface area contributed by atoms with Gasteiger partial charge < -0.3 is 26.6 Å². The number of carboxylic acid groups (broad SMARTS) is 1. The number of rotatable bonds is 8. The fourth-order valence-corrected chi connectivity index (χ4v) is 2.77. The second-order valence-corrected chi connectivity index (χ2v) is 11.8. The van der Waals surface area contributed by atoms with E-state index in [1.54, 1.807) is 0 Å². The van der Waals surface area contributed by atoms with Crippen molar-refractivity contribution in [2.75, 3.05) is 53.4 Å². The highest BCUT2D eigenvalue weighted by molar-refractivity contribution is 8.30. The first-order chi connectivity index (χ1) is 9.24. The van der Waals surface area contributed by atoms with Gasteiger partial charge in [-0.05, 0) is 0 Å². The molecule has 7 nitrogen and oxygen atoms in total. The van der Waals surface area contributed by atoms with Crippen molar-refractivity contribution in [1.29, 1.82) is 0 Å². The zero-order valence-corrected chi connectivity index (χ0v) is 18.1. The zero-order valence-electron chi connectivity index (χ0n) is 13.3. The van der Waals surface area contributed by atoms with Crippen molar-refractivity contribution < 1.29 is 48.1 Å². The molecule has 1 N–H and O–H groups in total. The second-order valence-electron chi connectivity index (χ2n) is 5.01. The highest BCUT2D eigenvalue weighted by Crippen LogP contribution is 1.96. The van der Waals surface area contributed by atoms with Gasteiger partial charge in [-0.25, -0.2) is 8.42 Å². The third-order valence-corrected chi connectivity index (χ3v) is 6.30. The molecule has 0 radical (unpaired) electrons. The van der Waals surface area contributed by atoms with Crippen molar-refractivity contribution in [3.05, 3.63) is 0 Å². The van der Waals surface area contributed by atoms with E-state index < -0.39 is 23.5 Å². The normalized spacial score (nSPS) is 16.2. The van der Waals surface area contributed by atoms with Crippen LogP contribution in [0.4, 0.5) is 0 Å². The van der Waals surface area contributed by atoms with Crippen LogP contribution >= 0.6 is 0 Å². The number of halogens is 1. The van der Waals surface area contributed by atoms with Gasteiger partial charge in [0.25, 0.3) is 0 Å². The van der Waals surface area contributed by atoms with Crippen LogP contribution in [0.15, 0.2) is 0 Å². The lowest BCUT2D eigenvalue weighted by Crippen LogP contribution is -3.00. The summed E-state index contributed by atoms with van der Waals surface area (Å²) < 4.78 is 31.8. The minimum absolute atomic E-state index is 0. The Morgan fingerprint density at radius 2 is 1.41 bits per heavy atom. The third-order valence-electron chi connectivity index (χ3n) is 2.09. The van der Waals surface area contributed by atoms with E-state index in [1.165, 1.54) is 14.2 Å². The van der Waals surface area contributed by atoms with E-state index in [1.807, 2.05) is 21.1 Å². The minimum Gasteiger partial charge on any atom is -1.00 e. The molecule has 0 aliphatic rings. The summed E-state index contributed by atoms with van der Waals surface area (Å²) in [6.45, 7) is 0.774. The summed E-state index contributed by atoms with van der Waals surface area (Å²) in [5, 5.41) is 8.14. The molecule has 0 spiro atoms. The second kappa shape index (κ2) is 12.0. The molecular weight excluding hydrogens is 438 g/mol. The molecule has 0 aliphatic heterocycles. The van der Waals surface area contributed by atoms with Crippen molar-refractivity contribution in [3.8, 4) is 0 Å². The van der Waals surface area contributed by atoms with Crippen molar-refractivity contribution in [3.63, 3.8) is 0 Å². The average molecular weight is 462 g/mol. The predicted octanol–water partition coefficient (Wildman–Crippen LogP) is -3.23. The minimum atomic E-state index is -2.76. The predicted molar refractivity (Wildman–Crippen MR) is 89.9 cm³/mol. The van der Waals surface area contributed by atoms with Crippen molar-refractivity contribution >= 4 is 45.9 Å². The number of aliphatic carboxylic acids is 1. The Bertz CT molecular complexity index is 512. The molecule has 0 aliphatic carbocycles. The maximum absolute atomic E-state index is 11.2. The smallest absolute Gasteiger partial charge is 0.304 e. The lowest BCUT2D eigenvalue weighted by molar-refractivity contribution is -0.867. The summed E-state index contributed by atoms with van der Waals surface area (Å²) in [7, 11) is 3.49. The first kappa shape index (κ1) is 27.4. The van der Waals surface area contributed by atoms with Crippen LogP contribution in [-0.4, -0.2) is 77.4 Å². The Kier molecular flexibility index (Phi) is 15.0. The van der Waals surface area contributed by atoms with Gasteiger partial charge in [0.05, 0.1) is 59.8 Å². The summed E-state index contributed by atoms with van der Waals surface area (Å²) in [5.41, 5.74) is 0. The molecule has 0 aromatic rings. The van der Waals surface area contributed by atoms with Crippen LogP contribution in [-0.2, 0) is 53.1 Å². The first-order valence-electron chi connectivity index (χ1n) is 5.83. The van der Waals surface area contributed by atoms with E-state index in [0.717, 1.165) is 11.0 Å². The van der Waals surface area contributed by atoms with Gasteiger partial charge in [0.1, 0.15) is 17.5 Å². The van der Waals surface area contributed by atoms with Crippen LogP contribution < -0.4 is 17.0 Å². The summed E-state index contributed by atoms with van der Waals surface area (Å²) >= 11 is 9.11. The van der Waals surface area contributed by atoms with Gasteiger partial charge in [0.2, 0.25) is 0 Å². The number of nitrogens with zero attached hydrogens (tertiary/aromatic N) is 1. The van der Waals surface area contributed by atoms with E-state index in [-0.39, 0.29) is 29.2 Å². The summed E-state index contributed by atoms with van der Waals surface area (Å²) in [6.07, 6.45) is -0.212. The van der Waals surface area contributed by atoms with Crippen molar-refractivity contribution in [1.82, 2.24) is 0 Å². The highest BCUT2D eigenvalue weighted by Gasteiger charge is 2.12. The van der Waals surface area contributed by atoms with Crippen molar-refractivity contribution in [2.45, 2.75) is 6.42 Å². The third kappa shape index (κ3) is 20.6. The van der Waals surface area contributed by atoms with E-state index in [4.69, 9.17) is 16.3 Å². The number of carbonyl (C=O) groups is 1. The Morgan fingerprint density at radius 1 is 1.05 bits per heavy atom. The average Bonchev–Trinajstić information content (AvgIpc) is 2.34. The molecule has 0 saturated heterocycles. The molecule has 0 fully saturated rings. The van der Waals surface area contributed by atoms with E-state index in [2.05, 4.69) is 19.6 Å². The first-order valence-corrected chi connectivity index (χ1v) is 11.0. The molecule has 0 aromatic heterocycles. The Labute approximate surface area is 153 Å². The molecule has 0 aromatic carbocycles. The summed E-state index contributed by atoms with van der Waals surface area (Å²) in [4.78, 5) is 9.93. The van der Waals surface area contributed by atoms with Crippen LogP contribution in [0.3, 0.4) is 0 Å². The molecule has 136 valence electrons. The Balaban J connectivity index is -0.000000315. The molecule has 2 atom stereocenters. The lowest BCUT2D eigenvalue weighted by Gasteiger charge is -2.23. The van der Waals surface area contributed by atoms with Gasteiger partial charge in [0, 0.05) is 22.4 Å². The number of quaternary nitrogens is 1. The monoisotopic (exact) mass is 461 g/mol. The van der Waals surface area contributed by atoms with Crippen LogP contribution in [0.5, 0.6) is 0 Å². The Hall–Kier alpha value is 0.570. The van der Waals surface area contributed by atoms with Crippen molar-refractivity contribution in [2.24, 2.45) is 0 Å². The summed E-state index contributed by atoms with van der Waals surface area (Å²) in [6, 6.07) is 0. The van der Waals surface area contributed by atoms with Gasteiger partial charge in [-0.2, -0.15) is 0 Å². The molecule has 2 unspecified atom stereocenters. The standard InChI is InChI=1S/C6H16NO2S2.C4H8O4S2.BrH/c1-7(2,3)5-6-11(8,10)9-4;1-8-10(7,9)3-2-4(5)6;/h5-6H2,1-4H3;2-3H2,1H3,(H,5,6);1H/q+1;;/p-1. The maximum atomic E-state index is 11.2. The number of hydrogen-bond acceptors (Lipinski definition) is 7. The molecule has 12 heteroatoms. The summed E-state index contributed by atoms with van der Waals surface area (Å²) in [5.74, 6) is -0.675. The number of carboxylic acids is 1. The maximum Gasteiger partial charge on any atom is 0.304 e. The van der Waals surface area contributed by atoms with Gasteiger partial charge in [-0.1, -0.05) is 0 Å². The number of hydrogen-bond donors (Lipinski definition) is 1. The van der Waals surface area contributed by atoms with E-state index in [0.29, 0.717) is 5.75 Å². The topological polar surface area (TPSA) is 89.9 Å². The van der Waals surface area contributed by atoms with Gasteiger partial charge >= 0.3 is 5.97 Å². The van der Waals surface area contributed by atoms with E-state index >= 15 is 0 Å². The lowest BCUT2D eigenvalue weighted by atomic mass is 10.5. The molecular formula is C10H24BrNO6S4. The fraction of sp³-hybridized carbons (Fsp3) is 0.900. The molecule has 0 bridgehead atoms. The van der Waals surface area contributed by atoms with E-state index in [9.17, 15) is 13.2 Å². The fourth-order valence-electron chi connectivity index (χ4n) is 0.765. The van der Waals surface area contributed by atoms with Crippen LogP contribution in [0.25, 0.3) is 0 Å². The van der Waals surface area contributed by atoms with Crippen LogP contribution in [0, 0.1) is 0 Å². The van der Waals surface area contributed by atoms with Gasteiger partial charge in [-0.15, -0.1) is 0 Å². The Morgan fingerprint density at radius 3 is 1.68 bits per heavy atom. The molecule has 22 heavy (non-hydrogen) atoms. The van der Waals surface area contributed by atoms with Gasteiger partial charge in [0.15, 0.2) is 0 Å². The van der Waals surface area contributed by atoms with Gasteiger partial charge in [-0.3, -0.25) is 13.2 Å². The SMILES string of the molecule is COS(=O)(=S)CCC(=O)O.COS(=O)(=S)CC[N+](C)(C)C.[Br-]. The molecule has 0 amide bonds. The quantitative estimate of drug-likeness (QED) is 0.377. The largest absolute Gasteiger partial charge is 1.00 e. The zero-order chi connectivity index (χ0) is 17.3.